The molecule has 0 aliphatic heterocycles. The minimum atomic E-state index is -1.18. The molecule has 5 nitrogen and oxygen atoms in total. The number of halogens is 2. The van der Waals surface area contributed by atoms with Crippen LogP contribution in [0.25, 0.3) is 0 Å². The standard InChI is InChI=1S/C19H20F2N2O3/c1-10-9-15(11(2)8-12(10)19(3,4)26)22-18(25)23-17(24)16-13(20)6-5-7-14(16)21/h5-9,26H,1-4H3,(H2,22,23,24,25). The van der Waals surface area contributed by atoms with E-state index in [4.69, 9.17) is 0 Å². The van der Waals surface area contributed by atoms with Crippen molar-refractivity contribution in [1.29, 1.82) is 0 Å². The zero-order valence-electron chi connectivity index (χ0n) is 14.9. The Balaban J connectivity index is 2.18. The number of hydrogen-bond donors (Lipinski definition) is 3. The van der Waals surface area contributed by atoms with Crippen molar-refractivity contribution in [3.63, 3.8) is 0 Å². The largest absolute Gasteiger partial charge is 0.386 e. The average Bonchev–Trinajstić information content (AvgIpc) is 2.49. The summed E-state index contributed by atoms with van der Waals surface area (Å²) < 4.78 is 27.2. The maximum Gasteiger partial charge on any atom is 0.326 e. The van der Waals surface area contributed by atoms with Crippen LogP contribution < -0.4 is 10.6 Å². The smallest absolute Gasteiger partial charge is 0.326 e. The van der Waals surface area contributed by atoms with Gasteiger partial charge in [0.05, 0.1) is 5.60 Å². The van der Waals surface area contributed by atoms with Gasteiger partial charge < -0.3 is 10.4 Å². The van der Waals surface area contributed by atoms with Crippen LogP contribution in [0.5, 0.6) is 0 Å². The predicted molar refractivity (Wildman–Crippen MR) is 94.0 cm³/mol. The minimum absolute atomic E-state index is 0.412. The highest BCUT2D eigenvalue weighted by atomic mass is 19.1. The molecule has 0 aromatic heterocycles. The fraction of sp³-hybridized carbons (Fsp3) is 0.263. The number of carbonyl (C=O) groups is 2. The Morgan fingerprint density at radius 1 is 1.04 bits per heavy atom. The maximum absolute atomic E-state index is 13.6. The quantitative estimate of drug-likeness (QED) is 0.778. The molecule has 7 heteroatoms. The van der Waals surface area contributed by atoms with Gasteiger partial charge in [-0.15, -0.1) is 0 Å². The van der Waals surface area contributed by atoms with Gasteiger partial charge in [-0.1, -0.05) is 12.1 Å². The van der Waals surface area contributed by atoms with Crippen molar-refractivity contribution in [1.82, 2.24) is 5.32 Å². The second kappa shape index (κ2) is 7.21. The van der Waals surface area contributed by atoms with Gasteiger partial charge in [-0.2, -0.15) is 0 Å². The lowest BCUT2D eigenvalue weighted by atomic mass is 9.91. The Labute approximate surface area is 150 Å². The molecule has 2 aromatic rings. The van der Waals surface area contributed by atoms with E-state index in [1.54, 1.807) is 39.8 Å². The summed E-state index contributed by atoms with van der Waals surface area (Å²) in [5.74, 6) is -3.30. The highest BCUT2D eigenvalue weighted by molar-refractivity contribution is 6.08. The van der Waals surface area contributed by atoms with Crippen molar-refractivity contribution < 1.29 is 23.5 Å². The normalized spacial score (nSPS) is 11.2. The first-order valence-electron chi connectivity index (χ1n) is 7.91. The number of benzene rings is 2. The third kappa shape index (κ3) is 4.23. The van der Waals surface area contributed by atoms with E-state index < -0.39 is 34.7 Å². The first-order valence-corrected chi connectivity index (χ1v) is 7.91. The number of nitrogens with one attached hydrogen (secondary N) is 2. The lowest BCUT2D eigenvalue weighted by Gasteiger charge is -2.22. The van der Waals surface area contributed by atoms with Crippen LogP contribution in [-0.2, 0) is 5.60 Å². The van der Waals surface area contributed by atoms with Gasteiger partial charge in [-0.3, -0.25) is 10.1 Å². The molecule has 0 spiro atoms. The lowest BCUT2D eigenvalue weighted by molar-refractivity contribution is 0.0778. The van der Waals surface area contributed by atoms with Crippen molar-refractivity contribution >= 4 is 17.6 Å². The van der Waals surface area contributed by atoms with Gasteiger partial charge in [-0.25, -0.2) is 13.6 Å². The van der Waals surface area contributed by atoms with Crippen LogP contribution >= 0.6 is 0 Å². The van der Waals surface area contributed by atoms with Crippen LogP contribution in [-0.4, -0.2) is 17.0 Å². The van der Waals surface area contributed by atoms with Gasteiger partial charge in [-0.05, 0) is 62.6 Å². The fourth-order valence-corrected chi connectivity index (χ4v) is 2.64. The number of aryl methyl sites for hydroxylation is 2. The molecular weight excluding hydrogens is 342 g/mol. The first kappa shape index (κ1) is 19.5. The third-order valence-electron chi connectivity index (χ3n) is 3.90. The van der Waals surface area contributed by atoms with E-state index in [1.165, 1.54) is 0 Å². The molecule has 0 bridgehead atoms. The molecule has 0 aliphatic carbocycles. The van der Waals surface area contributed by atoms with Gasteiger partial charge in [0.2, 0.25) is 0 Å². The molecular formula is C19H20F2N2O3. The van der Waals surface area contributed by atoms with Crippen LogP contribution in [0, 0.1) is 25.5 Å². The summed E-state index contributed by atoms with van der Waals surface area (Å²) in [7, 11) is 0. The van der Waals surface area contributed by atoms with Crippen molar-refractivity contribution in [2.45, 2.75) is 33.3 Å². The Kier molecular flexibility index (Phi) is 5.41. The zero-order chi connectivity index (χ0) is 19.6. The molecule has 26 heavy (non-hydrogen) atoms. The lowest BCUT2D eigenvalue weighted by Crippen LogP contribution is -2.35. The molecule has 3 N–H and O–H groups in total. The molecule has 0 heterocycles. The number of hydrogen-bond acceptors (Lipinski definition) is 3. The van der Waals surface area contributed by atoms with Crippen molar-refractivity contribution in [3.05, 3.63) is 64.2 Å². The minimum Gasteiger partial charge on any atom is -0.386 e. The van der Waals surface area contributed by atoms with Crippen molar-refractivity contribution in [2.24, 2.45) is 0 Å². The number of urea groups is 1. The summed E-state index contributed by atoms with van der Waals surface area (Å²) in [6.45, 7) is 6.80. The highest BCUT2D eigenvalue weighted by Gasteiger charge is 2.22. The number of amides is 3. The number of carbonyl (C=O) groups excluding carboxylic acids is 2. The molecule has 138 valence electrons. The number of imide groups is 1. The fourth-order valence-electron chi connectivity index (χ4n) is 2.64. The summed E-state index contributed by atoms with van der Waals surface area (Å²) in [4.78, 5) is 24.0. The molecule has 0 aliphatic rings. The van der Waals surface area contributed by atoms with E-state index >= 15 is 0 Å². The van der Waals surface area contributed by atoms with Gasteiger partial charge in [0.25, 0.3) is 5.91 Å². The summed E-state index contributed by atoms with van der Waals surface area (Å²) >= 11 is 0. The first-order chi connectivity index (χ1) is 12.0. The Morgan fingerprint density at radius 2 is 1.62 bits per heavy atom. The average molecular weight is 362 g/mol. The molecule has 0 unspecified atom stereocenters. The summed E-state index contributed by atoms with van der Waals surface area (Å²) in [5.41, 5.74) is 0.638. The second-order valence-electron chi connectivity index (χ2n) is 6.55. The molecule has 2 rings (SSSR count). The van der Waals surface area contributed by atoms with Crippen LogP contribution in [0.4, 0.5) is 19.3 Å². The zero-order valence-corrected chi connectivity index (χ0v) is 14.9. The molecule has 0 atom stereocenters. The van der Waals surface area contributed by atoms with Crippen LogP contribution in [0.3, 0.4) is 0 Å². The Morgan fingerprint density at radius 3 is 2.15 bits per heavy atom. The van der Waals surface area contributed by atoms with E-state index in [9.17, 15) is 23.5 Å². The van der Waals surface area contributed by atoms with Crippen LogP contribution in [0.1, 0.15) is 40.9 Å². The monoisotopic (exact) mass is 362 g/mol. The van der Waals surface area contributed by atoms with E-state index in [1.807, 2.05) is 5.32 Å². The molecule has 0 radical (unpaired) electrons. The summed E-state index contributed by atoms with van der Waals surface area (Å²) in [5, 5.41) is 14.5. The maximum atomic E-state index is 13.6. The number of aliphatic hydroxyl groups is 1. The molecule has 0 saturated carbocycles. The predicted octanol–water partition coefficient (Wildman–Crippen LogP) is 3.77. The summed E-state index contributed by atoms with van der Waals surface area (Å²) in [6, 6.07) is 5.44. The molecule has 0 fully saturated rings. The van der Waals surface area contributed by atoms with Gasteiger partial charge in [0.1, 0.15) is 17.2 Å². The van der Waals surface area contributed by atoms with Gasteiger partial charge in [0.15, 0.2) is 0 Å². The third-order valence-corrected chi connectivity index (χ3v) is 3.90. The number of anilines is 1. The Hall–Kier alpha value is -2.80. The van der Waals surface area contributed by atoms with Crippen molar-refractivity contribution in [3.8, 4) is 0 Å². The Bertz CT molecular complexity index is 854. The van der Waals surface area contributed by atoms with Crippen LogP contribution in [0.2, 0.25) is 0 Å². The van der Waals surface area contributed by atoms with E-state index in [-0.39, 0.29) is 0 Å². The summed E-state index contributed by atoms with van der Waals surface area (Å²) in [6.07, 6.45) is 0. The molecule has 2 aromatic carbocycles. The van der Waals surface area contributed by atoms with Crippen LogP contribution in [0.15, 0.2) is 30.3 Å². The second-order valence-corrected chi connectivity index (χ2v) is 6.55. The molecule has 3 amide bonds. The highest BCUT2D eigenvalue weighted by Crippen LogP contribution is 2.28. The van der Waals surface area contributed by atoms with E-state index in [0.29, 0.717) is 16.8 Å². The number of rotatable bonds is 3. The SMILES string of the molecule is Cc1cc(C(C)(C)O)c(C)cc1NC(=O)NC(=O)c1c(F)cccc1F. The molecule has 0 saturated heterocycles. The topological polar surface area (TPSA) is 78.4 Å². The van der Waals surface area contributed by atoms with E-state index in [0.717, 1.165) is 23.8 Å². The van der Waals surface area contributed by atoms with Gasteiger partial charge in [0, 0.05) is 5.69 Å². The van der Waals surface area contributed by atoms with Crippen molar-refractivity contribution in [2.75, 3.05) is 5.32 Å². The van der Waals surface area contributed by atoms with E-state index in [2.05, 4.69) is 5.32 Å². The van der Waals surface area contributed by atoms with Gasteiger partial charge >= 0.3 is 6.03 Å².